The van der Waals surface area contributed by atoms with Gasteiger partial charge in [-0.15, -0.1) is 12.4 Å². The summed E-state index contributed by atoms with van der Waals surface area (Å²) in [5.41, 5.74) is 4.56. The van der Waals surface area contributed by atoms with E-state index in [4.69, 9.17) is 10.5 Å². The highest BCUT2D eigenvalue weighted by atomic mass is 35.5. The molecule has 0 fully saturated rings. The molecule has 1 amide bonds. The fraction of sp³-hybridized carbons (Fsp3) is 0.417. The van der Waals surface area contributed by atoms with Gasteiger partial charge in [0.05, 0.1) is 5.56 Å². The number of hydrogen-bond acceptors (Lipinski definition) is 3. The molecule has 0 aliphatic carbocycles. The Labute approximate surface area is 120 Å². The molecule has 0 saturated heterocycles. The maximum atomic E-state index is 12.3. The molecule has 1 aromatic carbocycles. The van der Waals surface area contributed by atoms with Gasteiger partial charge in [-0.3, -0.25) is 4.79 Å². The molecule has 8 heteroatoms. The van der Waals surface area contributed by atoms with Crippen molar-refractivity contribution in [1.29, 1.82) is 0 Å². The molecule has 0 bridgehead atoms. The Balaban J connectivity index is 0.00000361. The van der Waals surface area contributed by atoms with Crippen LogP contribution in [0.1, 0.15) is 12.5 Å². The lowest BCUT2D eigenvalue weighted by Crippen LogP contribution is -2.40. The molecule has 0 aliphatic rings. The number of halogens is 4. The Bertz CT molecular complexity index is 424. The molecule has 3 N–H and O–H groups in total. The lowest BCUT2D eigenvalue weighted by atomic mass is 10.2. The summed E-state index contributed by atoms with van der Waals surface area (Å²) >= 11 is 0. The van der Waals surface area contributed by atoms with E-state index in [1.165, 1.54) is 12.1 Å². The zero-order valence-corrected chi connectivity index (χ0v) is 11.6. The lowest BCUT2D eigenvalue weighted by Gasteiger charge is -2.12. The number of amides is 1. The van der Waals surface area contributed by atoms with Crippen LogP contribution in [0, 0.1) is 0 Å². The van der Waals surface area contributed by atoms with Crippen molar-refractivity contribution >= 4 is 18.3 Å². The van der Waals surface area contributed by atoms with Crippen LogP contribution in [-0.2, 0) is 11.0 Å². The average molecular weight is 313 g/mol. The van der Waals surface area contributed by atoms with Crippen LogP contribution in [0.5, 0.6) is 5.75 Å². The molecule has 4 nitrogen and oxygen atoms in total. The van der Waals surface area contributed by atoms with Crippen molar-refractivity contribution in [3.8, 4) is 5.75 Å². The van der Waals surface area contributed by atoms with E-state index >= 15 is 0 Å². The van der Waals surface area contributed by atoms with Gasteiger partial charge in [0.1, 0.15) is 5.75 Å². The molecule has 114 valence electrons. The standard InChI is InChI=1S/C12H15F3N2O2.ClH/c1-8(6-16)17-11(18)7-19-10-4-2-9(3-5-10)12(13,14)15;/h2-5,8H,6-7,16H2,1H3,(H,17,18);1H/t8-;/m0./s1. The lowest BCUT2D eigenvalue weighted by molar-refractivity contribution is -0.137. The van der Waals surface area contributed by atoms with Crippen molar-refractivity contribution in [2.45, 2.75) is 19.1 Å². The van der Waals surface area contributed by atoms with Gasteiger partial charge >= 0.3 is 6.18 Å². The molecule has 0 heterocycles. The number of hydrogen-bond donors (Lipinski definition) is 2. The Morgan fingerprint density at radius 2 is 1.90 bits per heavy atom. The molecule has 0 unspecified atom stereocenters. The van der Waals surface area contributed by atoms with Crippen molar-refractivity contribution in [1.82, 2.24) is 5.32 Å². The molecule has 1 aromatic rings. The largest absolute Gasteiger partial charge is 0.484 e. The van der Waals surface area contributed by atoms with E-state index in [2.05, 4.69) is 5.32 Å². The van der Waals surface area contributed by atoms with Crippen LogP contribution in [0.2, 0.25) is 0 Å². The Hall–Kier alpha value is -1.47. The zero-order valence-electron chi connectivity index (χ0n) is 10.7. The summed E-state index contributed by atoms with van der Waals surface area (Å²) < 4.78 is 42.0. The predicted molar refractivity (Wildman–Crippen MR) is 70.8 cm³/mol. The quantitative estimate of drug-likeness (QED) is 0.873. The molecule has 0 saturated carbocycles. The smallest absolute Gasteiger partial charge is 0.416 e. The summed E-state index contributed by atoms with van der Waals surface area (Å²) in [7, 11) is 0. The van der Waals surface area contributed by atoms with Crippen molar-refractivity contribution < 1.29 is 22.7 Å². The molecule has 0 aliphatic heterocycles. The van der Waals surface area contributed by atoms with Crippen LogP contribution in [0.3, 0.4) is 0 Å². The maximum absolute atomic E-state index is 12.3. The number of nitrogens with one attached hydrogen (secondary N) is 1. The molecule has 0 radical (unpaired) electrons. The Kier molecular flexibility index (Phi) is 7.38. The summed E-state index contributed by atoms with van der Waals surface area (Å²) in [6.45, 7) is 1.76. The number of carbonyl (C=O) groups excluding carboxylic acids is 1. The van der Waals surface area contributed by atoms with Crippen molar-refractivity contribution in [3.63, 3.8) is 0 Å². The van der Waals surface area contributed by atoms with E-state index in [0.717, 1.165) is 12.1 Å². The number of rotatable bonds is 5. The molecule has 1 atom stereocenters. The Morgan fingerprint density at radius 1 is 1.35 bits per heavy atom. The van der Waals surface area contributed by atoms with Gasteiger partial charge in [-0.1, -0.05) is 0 Å². The summed E-state index contributed by atoms with van der Waals surface area (Å²) in [5, 5.41) is 2.57. The fourth-order valence-corrected chi connectivity index (χ4v) is 1.26. The van der Waals surface area contributed by atoms with Gasteiger partial charge in [-0.05, 0) is 31.2 Å². The van der Waals surface area contributed by atoms with Crippen LogP contribution < -0.4 is 15.8 Å². The molecule has 20 heavy (non-hydrogen) atoms. The zero-order chi connectivity index (χ0) is 14.5. The number of alkyl halides is 3. The first-order valence-electron chi connectivity index (χ1n) is 5.62. The molecular formula is C12H16ClF3N2O2. The Morgan fingerprint density at radius 3 is 2.35 bits per heavy atom. The van der Waals surface area contributed by atoms with E-state index in [1.807, 2.05) is 0 Å². The van der Waals surface area contributed by atoms with E-state index in [0.29, 0.717) is 6.54 Å². The minimum absolute atomic E-state index is 0. The van der Waals surface area contributed by atoms with Gasteiger partial charge in [-0.25, -0.2) is 0 Å². The third-order valence-corrected chi connectivity index (χ3v) is 2.31. The van der Waals surface area contributed by atoms with Crippen LogP contribution in [0.4, 0.5) is 13.2 Å². The minimum atomic E-state index is -4.38. The summed E-state index contributed by atoms with van der Waals surface area (Å²) in [4.78, 5) is 11.3. The highest BCUT2D eigenvalue weighted by molar-refractivity contribution is 5.85. The number of nitrogens with two attached hydrogens (primary N) is 1. The van der Waals surface area contributed by atoms with E-state index in [-0.39, 0.29) is 36.7 Å². The summed E-state index contributed by atoms with van der Waals surface area (Å²) in [6, 6.07) is 3.96. The third-order valence-electron chi connectivity index (χ3n) is 2.31. The van der Waals surface area contributed by atoms with E-state index in [9.17, 15) is 18.0 Å². The maximum Gasteiger partial charge on any atom is 0.416 e. The normalized spacial score (nSPS) is 12.2. The average Bonchev–Trinajstić information content (AvgIpc) is 2.35. The van der Waals surface area contributed by atoms with Gasteiger partial charge in [0, 0.05) is 12.6 Å². The van der Waals surface area contributed by atoms with Crippen molar-refractivity contribution in [2.75, 3.05) is 13.2 Å². The fourth-order valence-electron chi connectivity index (χ4n) is 1.26. The van der Waals surface area contributed by atoms with Gasteiger partial charge in [0.15, 0.2) is 6.61 Å². The second kappa shape index (κ2) is 7.96. The van der Waals surface area contributed by atoms with Crippen LogP contribution in [0.15, 0.2) is 24.3 Å². The summed E-state index contributed by atoms with van der Waals surface area (Å²) in [5.74, 6) is -0.179. The SMILES string of the molecule is C[C@@H](CN)NC(=O)COc1ccc(C(F)(F)F)cc1.Cl. The number of benzene rings is 1. The molecule has 1 rings (SSSR count). The van der Waals surface area contributed by atoms with Crippen LogP contribution >= 0.6 is 12.4 Å². The van der Waals surface area contributed by atoms with Crippen LogP contribution in [0.25, 0.3) is 0 Å². The second-order valence-corrected chi connectivity index (χ2v) is 4.02. The summed E-state index contributed by atoms with van der Waals surface area (Å²) in [6.07, 6.45) is -4.38. The van der Waals surface area contributed by atoms with Gasteiger partial charge < -0.3 is 15.8 Å². The van der Waals surface area contributed by atoms with Gasteiger partial charge in [0.25, 0.3) is 5.91 Å². The number of carbonyl (C=O) groups is 1. The third kappa shape index (κ3) is 6.12. The number of ether oxygens (including phenoxy) is 1. The highest BCUT2D eigenvalue weighted by Crippen LogP contribution is 2.30. The molecular weight excluding hydrogens is 297 g/mol. The minimum Gasteiger partial charge on any atom is -0.484 e. The molecule has 0 aromatic heterocycles. The highest BCUT2D eigenvalue weighted by Gasteiger charge is 2.30. The van der Waals surface area contributed by atoms with Crippen molar-refractivity contribution in [3.05, 3.63) is 29.8 Å². The predicted octanol–water partition coefficient (Wildman–Crippen LogP) is 1.97. The van der Waals surface area contributed by atoms with Gasteiger partial charge in [-0.2, -0.15) is 13.2 Å². The van der Waals surface area contributed by atoms with E-state index in [1.54, 1.807) is 6.92 Å². The van der Waals surface area contributed by atoms with Gasteiger partial charge in [0.2, 0.25) is 0 Å². The topological polar surface area (TPSA) is 64.3 Å². The van der Waals surface area contributed by atoms with Crippen LogP contribution in [-0.4, -0.2) is 25.1 Å². The van der Waals surface area contributed by atoms with E-state index < -0.39 is 11.7 Å². The monoisotopic (exact) mass is 312 g/mol. The molecule has 0 spiro atoms. The first-order chi connectivity index (χ1) is 8.82. The van der Waals surface area contributed by atoms with Crippen molar-refractivity contribution in [2.24, 2.45) is 5.73 Å². The second-order valence-electron chi connectivity index (χ2n) is 4.02. The first kappa shape index (κ1) is 18.5. The first-order valence-corrected chi connectivity index (χ1v) is 5.62.